The van der Waals surface area contributed by atoms with Crippen molar-refractivity contribution < 1.29 is 14.3 Å². The van der Waals surface area contributed by atoms with Crippen LogP contribution in [0.5, 0.6) is 0 Å². The van der Waals surface area contributed by atoms with Gasteiger partial charge in [-0.05, 0) is 39.5 Å². The average Bonchev–Trinajstić information content (AvgIpc) is 2.90. The van der Waals surface area contributed by atoms with Crippen LogP contribution < -0.4 is 0 Å². The first-order valence-electron chi connectivity index (χ1n) is 6.74. The molecule has 0 aromatic heterocycles. The van der Waals surface area contributed by atoms with Crippen molar-refractivity contribution in [1.29, 1.82) is 0 Å². The van der Waals surface area contributed by atoms with E-state index in [4.69, 9.17) is 9.47 Å². The number of rotatable bonds is 0. The van der Waals surface area contributed by atoms with Gasteiger partial charge in [-0.2, -0.15) is 0 Å². The molecule has 0 aromatic carbocycles. The van der Waals surface area contributed by atoms with E-state index in [1.165, 1.54) is 5.57 Å². The van der Waals surface area contributed by atoms with Gasteiger partial charge in [0.1, 0.15) is 12.2 Å². The Labute approximate surface area is 108 Å². The number of allylic oxidation sites excluding steroid dienone is 2. The maximum absolute atomic E-state index is 11.7. The van der Waals surface area contributed by atoms with Crippen LogP contribution in [-0.2, 0) is 14.3 Å². The lowest BCUT2D eigenvalue weighted by Crippen LogP contribution is -2.28. The zero-order valence-corrected chi connectivity index (χ0v) is 11.1. The molecule has 0 bridgehead atoms. The molecule has 2 aliphatic heterocycles. The van der Waals surface area contributed by atoms with E-state index in [2.05, 4.69) is 26.5 Å². The maximum atomic E-state index is 11.7. The van der Waals surface area contributed by atoms with Crippen molar-refractivity contribution in [3.8, 4) is 0 Å². The van der Waals surface area contributed by atoms with Gasteiger partial charge in [0.25, 0.3) is 0 Å². The third kappa shape index (κ3) is 1.81. The minimum Gasteiger partial charge on any atom is -0.455 e. The Morgan fingerprint density at radius 3 is 3.06 bits per heavy atom. The molecule has 0 spiro atoms. The Balaban J connectivity index is 1.87. The molecule has 2 saturated heterocycles. The van der Waals surface area contributed by atoms with Crippen LogP contribution in [0.3, 0.4) is 0 Å². The van der Waals surface area contributed by atoms with E-state index in [0.29, 0.717) is 5.57 Å². The second-order valence-electron chi connectivity index (χ2n) is 5.98. The molecule has 3 nitrogen and oxygen atoms in total. The minimum absolute atomic E-state index is 0.0671. The zero-order valence-electron chi connectivity index (χ0n) is 11.1. The molecular weight excluding hydrogens is 228 g/mol. The van der Waals surface area contributed by atoms with Crippen molar-refractivity contribution in [2.45, 2.75) is 57.3 Å². The Bertz CT molecular complexity index is 437. The van der Waals surface area contributed by atoms with Gasteiger partial charge in [0.15, 0.2) is 0 Å². The summed E-state index contributed by atoms with van der Waals surface area (Å²) in [5, 5.41) is 0. The van der Waals surface area contributed by atoms with E-state index < -0.39 is 0 Å². The molecular formula is C15H20O3. The Kier molecular flexibility index (Phi) is 2.63. The lowest BCUT2D eigenvalue weighted by atomic mass is 9.84. The fourth-order valence-corrected chi connectivity index (χ4v) is 3.20. The summed E-state index contributed by atoms with van der Waals surface area (Å²) in [5.74, 6) is -0.102. The SMILES string of the molecule is C=C1C(=O)OC2C1CCC(C)=CCC[C@@]1(C)O[C@H]21. The number of hydrogen-bond acceptors (Lipinski definition) is 3. The molecule has 2 fully saturated rings. The van der Waals surface area contributed by atoms with E-state index in [-0.39, 0.29) is 29.7 Å². The lowest BCUT2D eigenvalue weighted by molar-refractivity contribution is -0.140. The van der Waals surface area contributed by atoms with Gasteiger partial charge < -0.3 is 9.47 Å². The molecule has 3 heteroatoms. The van der Waals surface area contributed by atoms with Crippen molar-refractivity contribution in [2.75, 3.05) is 0 Å². The highest BCUT2D eigenvalue weighted by Crippen LogP contribution is 2.49. The zero-order chi connectivity index (χ0) is 12.9. The molecule has 18 heavy (non-hydrogen) atoms. The van der Waals surface area contributed by atoms with Crippen molar-refractivity contribution in [2.24, 2.45) is 5.92 Å². The van der Waals surface area contributed by atoms with Crippen LogP contribution in [-0.4, -0.2) is 23.8 Å². The highest BCUT2D eigenvalue weighted by Gasteiger charge is 2.61. The van der Waals surface area contributed by atoms with Crippen molar-refractivity contribution >= 4 is 5.97 Å². The highest BCUT2D eigenvalue weighted by molar-refractivity contribution is 5.91. The molecule has 3 rings (SSSR count). The molecule has 1 aliphatic carbocycles. The standard InChI is InChI=1S/C15H20O3/c1-9-5-4-8-15(3)13(18-15)12-11(7-6-9)10(2)14(16)17-12/h5,11-13H,2,4,6-8H2,1,3H3/t11?,12?,13-,15-/m1/s1. The molecule has 0 aromatic rings. The summed E-state index contributed by atoms with van der Waals surface area (Å²) < 4.78 is 11.3. The highest BCUT2D eigenvalue weighted by atomic mass is 16.6. The smallest absolute Gasteiger partial charge is 0.334 e. The number of fused-ring (bicyclic) bond motifs is 3. The predicted octanol–water partition coefficient (Wildman–Crippen LogP) is 2.76. The van der Waals surface area contributed by atoms with Crippen molar-refractivity contribution in [3.05, 3.63) is 23.8 Å². The normalized spacial score (nSPS) is 43.7. The topological polar surface area (TPSA) is 38.8 Å². The van der Waals surface area contributed by atoms with Crippen molar-refractivity contribution in [3.63, 3.8) is 0 Å². The van der Waals surface area contributed by atoms with Gasteiger partial charge in [-0.15, -0.1) is 0 Å². The largest absolute Gasteiger partial charge is 0.455 e. The van der Waals surface area contributed by atoms with Gasteiger partial charge in [-0.3, -0.25) is 0 Å². The first-order valence-corrected chi connectivity index (χ1v) is 6.74. The number of carbonyl (C=O) groups excluding carboxylic acids is 1. The molecule has 0 radical (unpaired) electrons. The minimum atomic E-state index is -0.233. The summed E-state index contributed by atoms with van der Waals surface area (Å²) in [5.41, 5.74) is 1.91. The molecule has 0 amide bonds. The van der Waals surface area contributed by atoms with E-state index in [1.54, 1.807) is 0 Å². The van der Waals surface area contributed by atoms with Gasteiger partial charge in [0, 0.05) is 11.5 Å². The molecule has 0 N–H and O–H groups in total. The summed E-state index contributed by atoms with van der Waals surface area (Å²) in [6.07, 6.45) is 6.25. The van der Waals surface area contributed by atoms with Gasteiger partial charge in [-0.1, -0.05) is 18.2 Å². The summed E-state index contributed by atoms with van der Waals surface area (Å²) in [6.45, 7) is 8.17. The molecule has 2 heterocycles. The third-order valence-corrected chi connectivity index (χ3v) is 4.57. The van der Waals surface area contributed by atoms with Crippen molar-refractivity contribution in [1.82, 2.24) is 0 Å². The van der Waals surface area contributed by atoms with Crippen LogP contribution in [0, 0.1) is 5.92 Å². The summed E-state index contributed by atoms with van der Waals surface area (Å²) >= 11 is 0. The fourth-order valence-electron chi connectivity index (χ4n) is 3.20. The number of hydrogen-bond donors (Lipinski definition) is 0. The number of esters is 1. The monoisotopic (exact) mass is 248 g/mol. The Hall–Kier alpha value is -1.09. The summed E-state index contributed by atoms with van der Waals surface area (Å²) in [7, 11) is 0. The first kappa shape index (κ1) is 12.0. The number of carbonyl (C=O) groups is 1. The van der Waals surface area contributed by atoms with Gasteiger partial charge >= 0.3 is 5.97 Å². The van der Waals surface area contributed by atoms with Gasteiger partial charge in [0.2, 0.25) is 0 Å². The molecule has 4 atom stereocenters. The van der Waals surface area contributed by atoms with E-state index >= 15 is 0 Å². The quantitative estimate of drug-likeness (QED) is 0.286. The summed E-state index contributed by atoms with van der Waals surface area (Å²) in [6, 6.07) is 0. The lowest BCUT2D eigenvalue weighted by Gasteiger charge is -2.19. The van der Waals surface area contributed by atoms with E-state index in [0.717, 1.165) is 25.7 Å². The van der Waals surface area contributed by atoms with Gasteiger partial charge in [-0.25, -0.2) is 4.79 Å². The second kappa shape index (κ2) is 3.95. The predicted molar refractivity (Wildman–Crippen MR) is 68.0 cm³/mol. The third-order valence-electron chi connectivity index (χ3n) is 4.57. The average molecular weight is 248 g/mol. The summed E-state index contributed by atoms with van der Waals surface area (Å²) in [4.78, 5) is 11.7. The molecule has 0 saturated carbocycles. The number of epoxide rings is 1. The molecule has 2 unspecified atom stereocenters. The van der Waals surface area contributed by atoms with Crippen LogP contribution in [0.1, 0.15) is 39.5 Å². The van der Waals surface area contributed by atoms with Crippen LogP contribution in [0.4, 0.5) is 0 Å². The van der Waals surface area contributed by atoms with E-state index in [9.17, 15) is 4.79 Å². The van der Waals surface area contributed by atoms with Crippen LogP contribution in [0.2, 0.25) is 0 Å². The first-order chi connectivity index (χ1) is 8.51. The molecule has 98 valence electrons. The molecule has 3 aliphatic rings. The maximum Gasteiger partial charge on any atom is 0.334 e. The Morgan fingerprint density at radius 2 is 2.28 bits per heavy atom. The van der Waals surface area contributed by atoms with E-state index in [1.807, 2.05) is 0 Å². The van der Waals surface area contributed by atoms with Crippen LogP contribution in [0.15, 0.2) is 23.8 Å². The van der Waals surface area contributed by atoms with Gasteiger partial charge in [0.05, 0.1) is 5.60 Å². The Morgan fingerprint density at radius 1 is 1.50 bits per heavy atom. The fraction of sp³-hybridized carbons (Fsp3) is 0.667. The number of ether oxygens (including phenoxy) is 2. The second-order valence-corrected chi connectivity index (χ2v) is 5.98. The van der Waals surface area contributed by atoms with Crippen LogP contribution >= 0.6 is 0 Å². The van der Waals surface area contributed by atoms with Crippen LogP contribution in [0.25, 0.3) is 0 Å².